The van der Waals surface area contributed by atoms with Crippen LogP contribution in [0.4, 0.5) is 0 Å². The highest BCUT2D eigenvalue weighted by Crippen LogP contribution is 2.14. The van der Waals surface area contributed by atoms with Gasteiger partial charge in [0, 0.05) is 0 Å². The topological polar surface area (TPSA) is 66.8 Å². The van der Waals surface area contributed by atoms with Crippen LogP contribution < -0.4 is 5.46 Å². The van der Waals surface area contributed by atoms with Gasteiger partial charge in [-0.25, -0.2) is 4.79 Å². The van der Waals surface area contributed by atoms with Crippen LogP contribution in [-0.2, 0) is 4.74 Å². The molecule has 0 aromatic heterocycles. The molecule has 0 saturated carbocycles. The van der Waals surface area contributed by atoms with Crippen molar-refractivity contribution in [3.05, 3.63) is 29.3 Å². The molecular weight excluding hydrogens is 207 g/mol. The van der Waals surface area contributed by atoms with Gasteiger partial charge in [-0.3, -0.25) is 0 Å². The molecule has 0 aliphatic rings. The summed E-state index contributed by atoms with van der Waals surface area (Å²) >= 11 is 0. The van der Waals surface area contributed by atoms with Gasteiger partial charge in [0.05, 0.1) is 12.7 Å². The monoisotopic (exact) mass is 222 g/mol. The van der Waals surface area contributed by atoms with E-state index in [-0.39, 0.29) is 5.92 Å². The Bertz CT molecular complexity index is 388. The fourth-order valence-electron chi connectivity index (χ4n) is 1.57. The summed E-state index contributed by atoms with van der Waals surface area (Å²) in [6.07, 6.45) is 0. The maximum atomic E-state index is 11.3. The van der Waals surface area contributed by atoms with Gasteiger partial charge in [-0.2, -0.15) is 0 Å². The number of hydrogen-bond donors (Lipinski definition) is 2. The van der Waals surface area contributed by atoms with Crippen LogP contribution in [0.5, 0.6) is 0 Å². The third-order valence-electron chi connectivity index (χ3n) is 2.41. The minimum Gasteiger partial charge on any atom is -0.465 e. The highest BCUT2D eigenvalue weighted by atomic mass is 16.5. The molecule has 0 amide bonds. The fraction of sp³-hybridized carbons (Fsp3) is 0.364. The predicted octanol–water partition coefficient (Wildman–Crippen LogP) is 0.276. The van der Waals surface area contributed by atoms with E-state index in [1.165, 1.54) is 13.2 Å². The minimum absolute atomic E-state index is 0.156. The van der Waals surface area contributed by atoms with Crippen molar-refractivity contribution in [3.8, 4) is 0 Å². The van der Waals surface area contributed by atoms with E-state index < -0.39 is 13.1 Å². The van der Waals surface area contributed by atoms with E-state index in [1.807, 2.05) is 13.8 Å². The van der Waals surface area contributed by atoms with Crippen LogP contribution in [0.15, 0.2) is 18.2 Å². The molecule has 0 radical (unpaired) electrons. The number of methoxy groups -OCH3 is 1. The fourth-order valence-corrected chi connectivity index (χ4v) is 1.57. The van der Waals surface area contributed by atoms with E-state index in [9.17, 15) is 14.8 Å². The summed E-state index contributed by atoms with van der Waals surface area (Å²) in [5.74, 6) is -0.333. The number of rotatable bonds is 3. The maximum Gasteiger partial charge on any atom is 0.488 e. The first-order chi connectivity index (χ1) is 7.47. The first-order valence-corrected chi connectivity index (χ1v) is 5.05. The normalized spacial score (nSPS) is 10.4. The minimum atomic E-state index is -1.58. The molecule has 1 aromatic carbocycles. The lowest BCUT2D eigenvalue weighted by molar-refractivity contribution is 0.0601. The van der Waals surface area contributed by atoms with Crippen molar-refractivity contribution in [1.82, 2.24) is 0 Å². The second kappa shape index (κ2) is 5.14. The summed E-state index contributed by atoms with van der Waals surface area (Å²) < 4.78 is 4.57. The van der Waals surface area contributed by atoms with Gasteiger partial charge in [0.1, 0.15) is 0 Å². The predicted molar refractivity (Wildman–Crippen MR) is 61.7 cm³/mol. The zero-order valence-corrected chi connectivity index (χ0v) is 9.60. The Balaban J connectivity index is 3.22. The van der Waals surface area contributed by atoms with Crippen molar-refractivity contribution in [1.29, 1.82) is 0 Å². The molecule has 0 bridgehead atoms. The van der Waals surface area contributed by atoms with E-state index in [1.54, 1.807) is 12.1 Å². The molecule has 0 atom stereocenters. The molecule has 0 unspecified atom stereocenters. The Morgan fingerprint density at radius 3 is 2.44 bits per heavy atom. The summed E-state index contributed by atoms with van der Waals surface area (Å²) in [6, 6.07) is 4.78. The van der Waals surface area contributed by atoms with Crippen molar-refractivity contribution >= 4 is 18.6 Å². The molecule has 5 heteroatoms. The molecule has 0 aliphatic carbocycles. The quantitative estimate of drug-likeness (QED) is 0.569. The molecule has 4 nitrogen and oxygen atoms in total. The van der Waals surface area contributed by atoms with Crippen LogP contribution >= 0.6 is 0 Å². The second-order valence-electron chi connectivity index (χ2n) is 3.86. The van der Waals surface area contributed by atoms with Crippen LogP contribution in [-0.4, -0.2) is 30.2 Å². The van der Waals surface area contributed by atoms with E-state index in [4.69, 9.17) is 0 Å². The molecule has 16 heavy (non-hydrogen) atoms. The Morgan fingerprint density at radius 1 is 1.38 bits per heavy atom. The van der Waals surface area contributed by atoms with Gasteiger partial charge in [0.2, 0.25) is 0 Å². The largest absolute Gasteiger partial charge is 0.488 e. The molecule has 0 aliphatic heterocycles. The molecule has 0 fully saturated rings. The molecule has 1 rings (SSSR count). The average molecular weight is 222 g/mol. The highest BCUT2D eigenvalue weighted by molar-refractivity contribution is 6.59. The van der Waals surface area contributed by atoms with E-state index in [2.05, 4.69) is 4.74 Å². The maximum absolute atomic E-state index is 11.3. The highest BCUT2D eigenvalue weighted by Gasteiger charge is 2.20. The molecular formula is C11H15BO4. The lowest BCUT2D eigenvalue weighted by atomic mass is 9.74. The third kappa shape index (κ3) is 2.62. The average Bonchev–Trinajstić information content (AvgIpc) is 2.26. The first-order valence-electron chi connectivity index (χ1n) is 5.05. The molecule has 2 N–H and O–H groups in total. The van der Waals surface area contributed by atoms with Gasteiger partial charge < -0.3 is 14.8 Å². The molecule has 1 aromatic rings. The van der Waals surface area contributed by atoms with Crippen molar-refractivity contribution in [2.24, 2.45) is 0 Å². The Labute approximate surface area is 95.0 Å². The van der Waals surface area contributed by atoms with Crippen LogP contribution in [0.25, 0.3) is 0 Å². The zero-order valence-electron chi connectivity index (χ0n) is 9.60. The first kappa shape index (κ1) is 12.7. The van der Waals surface area contributed by atoms with E-state index in [0.29, 0.717) is 11.0 Å². The summed E-state index contributed by atoms with van der Waals surface area (Å²) in [6.45, 7) is 3.89. The van der Waals surface area contributed by atoms with Crippen molar-refractivity contribution in [3.63, 3.8) is 0 Å². The van der Waals surface area contributed by atoms with E-state index in [0.717, 1.165) is 5.56 Å². The van der Waals surface area contributed by atoms with Gasteiger partial charge in [-0.1, -0.05) is 19.9 Å². The van der Waals surface area contributed by atoms with E-state index >= 15 is 0 Å². The Kier molecular flexibility index (Phi) is 4.09. The summed E-state index contributed by atoms with van der Waals surface area (Å²) in [4.78, 5) is 11.3. The molecule has 0 spiro atoms. The number of hydrogen-bond acceptors (Lipinski definition) is 4. The van der Waals surface area contributed by atoms with Crippen LogP contribution in [0.2, 0.25) is 0 Å². The van der Waals surface area contributed by atoms with Gasteiger partial charge in [-0.05, 0) is 29.1 Å². The number of ether oxygens (including phenoxy) is 1. The smallest absolute Gasteiger partial charge is 0.465 e. The number of carbonyl (C=O) groups excluding carboxylic acids is 1. The third-order valence-corrected chi connectivity index (χ3v) is 2.41. The number of esters is 1. The lowest BCUT2D eigenvalue weighted by Crippen LogP contribution is -2.34. The van der Waals surface area contributed by atoms with Crippen molar-refractivity contribution < 1.29 is 19.6 Å². The molecule has 0 saturated heterocycles. The Morgan fingerprint density at radius 2 is 2.00 bits per heavy atom. The van der Waals surface area contributed by atoms with Crippen molar-refractivity contribution in [2.45, 2.75) is 19.8 Å². The van der Waals surface area contributed by atoms with Gasteiger partial charge >= 0.3 is 13.1 Å². The van der Waals surface area contributed by atoms with Gasteiger partial charge in [0.15, 0.2) is 0 Å². The van der Waals surface area contributed by atoms with Crippen molar-refractivity contribution in [2.75, 3.05) is 7.11 Å². The standard InChI is InChI=1S/C11H15BO4/c1-7(2)9-5-4-8(11(13)16-3)6-10(9)12(14)15/h4-7,14-15H,1-3H3. The van der Waals surface area contributed by atoms with Crippen LogP contribution in [0.1, 0.15) is 35.7 Å². The van der Waals surface area contributed by atoms with Crippen LogP contribution in [0, 0.1) is 0 Å². The lowest BCUT2D eigenvalue weighted by Gasteiger charge is -2.13. The SMILES string of the molecule is COC(=O)c1ccc(C(C)C)c(B(O)O)c1. The molecule has 0 heterocycles. The summed E-state index contributed by atoms with van der Waals surface area (Å²) in [7, 11) is -0.296. The summed E-state index contributed by atoms with van der Waals surface area (Å²) in [5.41, 5.74) is 1.47. The second-order valence-corrected chi connectivity index (χ2v) is 3.86. The number of benzene rings is 1. The van der Waals surface area contributed by atoms with Gasteiger partial charge in [0.25, 0.3) is 0 Å². The Hall–Kier alpha value is -1.33. The number of carbonyl (C=O) groups is 1. The summed E-state index contributed by atoms with van der Waals surface area (Å²) in [5, 5.41) is 18.5. The van der Waals surface area contributed by atoms with Gasteiger partial charge in [-0.15, -0.1) is 0 Å². The molecule has 86 valence electrons. The van der Waals surface area contributed by atoms with Crippen LogP contribution in [0.3, 0.4) is 0 Å². The zero-order chi connectivity index (χ0) is 12.3.